The number of nitrogens with zero attached hydrogens (tertiary/aromatic N) is 3. The molecule has 3 nitrogen and oxygen atoms in total. The zero-order valence-corrected chi connectivity index (χ0v) is 25.5. The second-order valence-electron chi connectivity index (χ2n) is 11.7. The summed E-state index contributed by atoms with van der Waals surface area (Å²) in [6, 6.07) is 59.3. The van der Waals surface area contributed by atoms with Crippen molar-refractivity contribution in [1.82, 2.24) is 14.5 Å². The van der Waals surface area contributed by atoms with E-state index in [1.807, 2.05) is 42.5 Å². The number of hydrogen-bond donors (Lipinski definition) is 0. The molecule has 0 aliphatic rings. The first-order valence-electron chi connectivity index (χ1n) is 16.3. The molecule has 0 spiro atoms. The van der Waals surface area contributed by atoms with Gasteiger partial charge < -0.3 is 4.57 Å². The molecule has 47 heavy (non-hydrogen) atoms. The third kappa shape index (κ3) is 4.68. The number of aromatic nitrogens is 3. The van der Waals surface area contributed by atoms with E-state index in [0.717, 1.165) is 44.7 Å². The van der Waals surface area contributed by atoms with Crippen LogP contribution in [0.4, 0.5) is 0 Å². The monoisotopic (exact) mass is 600 g/mol. The minimum Gasteiger partial charge on any atom is -0.309 e. The van der Waals surface area contributed by atoms with Gasteiger partial charge in [-0.1, -0.05) is 146 Å². The van der Waals surface area contributed by atoms with E-state index in [-0.39, 0.29) is 0 Å². The van der Waals surface area contributed by atoms with Crippen LogP contribution in [0.1, 0.15) is 1.37 Å². The maximum Gasteiger partial charge on any atom is 0.160 e. The summed E-state index contributed by atoms with van der Waals surface area (Å²) in [5, 5.41) is 4.82. The van der Waals surface area contributed by atoms with Crippen molar-refractivity contribution >= 4 is 32.6 Å². The summed E-state index contributed by atoms with van der Waals surface area (Å²) in [5.74, 6) is 0.673. The van der Waals surface area contributed by atoms with Gasteiger partial charge in [0.25, 0.3) is 0 Å². The maximum absolute atomic E-state index is 7.97. The van der Waals surface area contributed by atoms with Crippen LogP contribution in [-0.4, -0.2) is 14.5 Å². The van der Waals surface area contributed by atoms with E-state index >= 15 is 0 Å². The minimum absolute atomic E-state index is 0.473. The number of fused-ring (bicyclic) bond motifs is 4. The fourth-order valence-corrected chi connectivity index (χ4v) is 6.77. The molecule has 0 fully saturated rings. The smallest absolute Gasteiger partial charge is 0.160 e. The van der Waals surface area contributed by atoms with Crippen molar-refractivity contribution in [3.8, 4) is 50.7 Å². The zero-order chi connectivity index (χ0) is 32.0. The molecule has 7 aromatic carbocycles. The normalized spacial score (nSPS) is 11.7. The van der Waals surface area contributed by atoms with Gasteiger partial charge in [0.15, 0.2) is 5.82 Å². The lowest BCUT2D eigenvalue weighted by molar-refractivity contribution is 1.18. The van der Waals surface area contributed by atoms with Gasteiger partial charge in [-0.25, -0.2) is 9.97 Å². The Morgan fingerprint density at radius 1 is 0.404 bits per heavy atom. The average molecular weight is 601 g/mol. The number of benzene rings is 7. The lowest BCUT2D eigenvalue weighted by atomic mass is 9.93. The summed E-state index contributed by atoms with van der Waals surface area (Å²) < 4.78 is 10.3. The van der Waals surface area contributed by atoms with Crippen molar-refractivity contribution in [3.05, 3.63) is 176 Å². The van der Waals surface area contributed by atoms with Crippen LogP contribution in [0.5, 0.6) is 0 Å². The molecule has 0 saturated carbocycles. The lowest BCUT2D eigenvalue weighted by Crippen LogP contribution is -1.97. The van der Waals surface area contributed by atoms with Crippen molar-refractivity contribution < 1.29 is 1.37 Å². The molecule has 0 atom stereocenters. The Morgan fingerprint density at radius 3 is 1.62 bits per heavy atom. The minimum atomic E-state index is 0.473. The second-order valence-corrected chi connectivity index (χ2v) is 11.7. The van der Waals surface area contributed by atoms with Crippen molar-refractivity contribution in [1.29, 1.82) is 0 Å². The first-order valence-corrected chi connectivity index (χ1v) is 15.8. The van der Waals surface area contributed by atoms with Crippen molar-refractivity contribution in [3.63, 3.8) is 0 Å². The van der Waals surface area contributed by atoms with Gasteiger partial charge in [0.2, 0.25) is 0 Å². The quantitative estimate of drug-likeness (QED) is 0.197. The molecule has 9 aromatic rings. The van der Waals surface area contributed by atoms with E-state index in [1.165, 1.54) is 32.8 Å². The van der Waals surface area contributed by atoms with Crippen LogP contribution in [0, 0.1) is 0 Å². The highest BCUT2D eigenvalue weighted by atomic mass is 15.0. The molecule has 9 rings (SSSR count). The summed E-state index contributed by atoms with van der Waals surface area (Å²) in [6.07, 6.45) is 0. The molecule has 0 N–H and O–H groups in total. The largest absolute Gasteiger partial charge is 0.309 e. The van der Waals surface area contributed by atoms with E-state index in [1.54, 1.807) is 12.1 Å². The van der Waals surface area contributed by atoms with Gasteiger partial charge in [-0.3, -0.25) is 0 Å². The summed E-state index contributed by atoms with van der Waals surface area (Å²) >= 11 is 0. The van der Waals surface area contributed by atoms with Crippen molar-refractivity contribution in [2.24, 2.45) is 0 Å². The molecular weight excluding hydrogens is 571 g/mol. The van der Waals surface area contributed by atoms with Crippen molar-refractivity contribution in [2.45, 2.75) is 0 Å². The zero-order valence-electron chi connectivity index (χ0n) is 26.5. The van der Waals surface area contributed by atoms with Crippen LogP contribution in [-0.2, 0) is 0 Å². The topological polar surface area (TPSA) is 30.7 Å². The third-order valence-electron chi connectivity index (χ3n) is 8.99. The molecule has 0 radical (unpaired) electrons. The van der Waals surface area contributed by atoms with Crippen LogP contribution in [0.2, 0.25) is 0 Å². The Balaban J connectivity index is 1.17. The fraction of sp³-hybridized carbons (Fsp3) is 0. The number of para-hydroxylation sites is 2. The molecule has 0 aliphatic carbocycles. The molecule has 220 valence electrons. The molecule has 0 bridgehead atoms. The highest BCUT2D eigenvalue weighted by Crippen LogP contribution is 2.38. The third-order valence-corrected chi connectivity index (χ3v) is 8.99. The number of hydrogen-bond acceptors (Lipinski definition) is 2. The van der Waals surface area contributed by atoms with Crippen LogP contribution < -0.4 is 0 Å². The van der Waals surface area contributed by atoms with Crippen LogP contribution in [0.25, 0.3) is 83.3 Å². The first-order chi connectivity index (χ1) is 23.7. The highest BCUT2D eigenvalue weighted by molar-refractivity contribution is 6.09. The lowest BCUT2D eigenvalue weighted by Gasteiger charge is -2.14. The first kappa shape index (κ1) is 26.0. The van der Waals surface area contributed by atoms with E-state index in [4.69, 9.17) is 11.3 Å². The SMILES string of the molecule is [2H]c1ccc(-c2cc(-c3ccc(-c4ccc(-n5c6ccccc6c6ccccc65)cc4)c4ccccc34)nc(-c3ccccc3)n2)cc1. The van der Waals surface area contributed by atoms with Gasteiger partial charge in [0, 0.05) is 33.2 Å². The van der Waals surface area contributed by atoms with E-state index in [2.05, 4.69) is 120 Å². The fourth-order valence-electron chi connectivity index (χ4n) is 6.77. The molecule has 0 saturated heterocycles. The molecule has 0 unspecified atom stereocenters. The molecule has 2 aromatic heterocycles. The summed E-state index contributed by atoms with van der Waals surface area (Å²) in [7, 11) is 0. The molecule has 0 amide bonds. The van der Waals surface area contributed by atoms with Crippen LogP contribution in [0.15, 0.2) is 176 Å². The highest BCUT2D eigenvalue weighted by Gasteiger charge is 2.16. The van der Waals surface area contributed by atoms with Gasteiger partial charge in [0.1, 0.15) is 0 Å². The maximum atomic E-state index is 7.97. The molecule has 3 heteroatoms. The Hall–Kier alpha value is -6.32. The van der Waals surface area contributed by atoms with E-state index in [0.29, 0.717) is 11.9 Å². The Labute approximate surface area is 274 Å². The van der Waals surface area contributed by atoms with E-state index in [9.17, 15) is 0 Å². The van der Waals surface area contributed by atoms with Gasteiger partial charge in [-0.2, -0.15) is 0 Å². The summed E-state index contributed by atoms with van der Waals surface area (Å²) in [5.41, 5.74) is 10.5. The average Bonchev–Trinajstić information content (AvgIpc) is 3.49. The summed E-state index contributed by atoms with van der Waals surface area (Å²) in [4.78, 5) is 10.1. The van der Waals surface area contributed by atoms with Crippen molar-refractivity contribution in [2.75, 3.05) is 0 Å². The van der Waals surface area contributed by atoms with Gasteiger partial charge in [-0.15, -0.1) is 0 Å². The predicted molar refractivity (Wildman–Crippen MR) is 196 cm³/mol. The van der Waals surface area contributed by atoms with Crippen LogP contribution >= 0.6 is 0 Å². The second kappa shape index (κ2) is 11.2. The van der Waals surface area contributed by atoms with Gasteiger partial charge in [0.05, 0.1) is 23.8 Å². The summed E-state index contributed by atoms with van der Waals surface area (Å²) in [6.45, 7) is 0. The van der Waals surface area contributed by atoms with Crippen LogP contribution in [0.3, 0.4) is 0 Å². The predicted octanol–water partition coefficient (Wildman–Crippen LogP) is 11.4. The van der Waals surface area contributed by atoms with E-state index < -0.39 is 0 Å². The Morgan fingerprint density at radius 2 is 0.936 bits per heavy atom. The Kier molecular flexibility index (Phi) is 6.21. The van der Waals surface area contributed by atoms with Gasteiger partial charge >= 0.3 is 0 Å². The molecule has 0 aliphatic heterocycles. The standard InChI is InChI=1S/C44H29N3/c1-3-13-31(14-4-1)40-29-41(46-44(45-40)32-15-5-2-6-16-32)37-28-27-34(35-17-7-8-18-36(35)37)30-23-25-33(26-24-30)47-42-21-11-9-19-38(42)39-20-10-12-22-43(39)47/h1-29H/i1D. The van der Waals surface area contributed by atoms with Gasteiger partial charge in [-0.05, 0) is 52.2 Å². The molecular formula is C44H29N3. The molecule has 2 heterocycles. The number of rotatable bonds is 5. The Bertz CT molecular complexity index is 2550.